The fourth-order valence-corrected chi connectivity index (χ4v) is 4.14. The van der Waals surface area contributed by atoms with E-state index in [1.54, 1.807) is 0 Å². The summed E-state index contributed by atoms with van der Waals surface area (Å²) in [6.45, 7) is 0.594. The van der Waals surface area contributed by atoms with E-state index in [2.05, 4.69) is 40.5 Å². The van der Waals surface area contributed by atoms with E-state index in [1.807, 2.05) is 74.8 Å². The summed E-state index contributed by atoms with van der Waals surface area (Å²) in [5.41, 5.74) is 4.10. The second kappa shape index (κ2) is 9.99. The van der Waals surface area contributed by atoms with Crippen LogP contribution in [0.4, 0.5) is 0 Å². The predicted molar refractivity (Wildman–Crippen MR) is 134 cm³/mol. The molecule has 0 bridgehead atoms. The minimum Gasteiger partial charge on any atom is -0.352 e. The van der Waals surface area contributed by atoms with Crippen molar-refractivity contribution in [3.63, 3.8) is 0 Å². The maximum absolute atomic E-state index is 12.7. The first-order chi connectivity index (χ1) is 15.5. The molecule has 0 aromatic heterocycles. The normalized spacial score (nSPS) is 12.1. The molecular formula is C28H27ClN2O. The number of rotatable bonds is 7. The van der Waals surface area contributed by atoms with Gasteiger partial charge in [-0.25, -0.2) is 0 Å². The minimum absolute atomic E-state index is 0.0522. The van der Waals surface area contributed by atoms with Crippen molar-refractivity contribution in [1.82, 2.24) is 10.2 Å². The zero-order chi connectivity index (χ0) is 22.5. The molecule has 0 fully saturated rings. The van der Waals surface area contributed by atoms with Gasteiger partial charge in [-0.15, -0.1) is 0 Å². The molecule has 162 valence electrons. The van der Waals surface area contributed by atoms with Crippen molar-refractivity contribution >= 4 is 28.3 Å². The SMILES string of the molecule is CN(C)C(CCNC(=O)c1ccc(-c2ccc3ccccc3c2)cc1)c1ccc(Cl)cc1. The number of amides is 1. The zero-order valence-electron chi connectivity index (χ0n) is 18.4. The molecule has 1 atom stereocenters. The molecule has 0 aliphatic rings. The van der Waals surface area contributed by atoms with Crippen LogP contribution in [0, 0.1) is 0 Å². The summed E-state index contributed by atoms with van der Waals surface area (Å²) < 4.78 is 0. The molecule has 1 N–H and O–H groups in total. The van der Waals surface area contributed by atoms with Gasteiger partial charge in [0, 0.05) is 23.2 Å². The van der Waals surface area contributed by atoms with Gasteiger partial charge in [-0.1, -0.05) is 72.3 Å². The Labute approximate surface area is 194 Å². The quantitative estimate of drug-likeness (QED) is 0.350. The molecule has 4 aromatic rings. The lowest BCUT2D eigenvalue weighted by molar-refractivity contribution is 0.0949. The Hall–Kier alpha value is -3.14. The molecule has 1 amide bonds. The molecule has 1 unspecified atom stereocenters. The first kappa shape index (κ1) is 22.1. The molecule has 0 saturated heterocycles. The largest absolute Gasteiger partial charge is 0.352 e. The van der Waals surface area contributed by atoms with Crippen LogP contribution >= 0.6 is 11.6 Å². The fourth-order valence-electron chi connectivity index (χ4n) is 4.02. The molecule has 0 aliphatic carbocycles. The lowest BCUT2D eigenvalue weighted by Gasteiger charge is -2.25. The molecular weight excluding hydrogens is 416 g/mol. The van der Waals surface area contributed by atoms with E-state index in [0.717, 1.165) is 22.6 Å². The summed E-state index contributed by atoms with van der Waals surface area (Å²) in [5, 5.41) is 6.22. The van der Waals surface area contributed by atoms with Gasteiger partial charge in [-0.05, 0) is 78.3 Å². The summed E-state index contributed by atoms with van der Waals surface area (Å²) in [7, 11) is 4.10. The van der Waals surface area contributed by atoms with E-state index in [1.165, 1.54) is 16.3 Å². The highest BCUT2D eigenvalue weighted by Gasteiger charge is 2.15. The van der Waals surface area contributed by atoms with Crippen molar-refractivity contribution in [2.24, 2.45) is 0 Å². The van der Waals surface area contributed by atoms with Crippen molar-refractivity contribution < 1.29 is 4.79 Å². The monoisotopic (exact) mass is 442 g/mol. The summed E-state index contributed by atoms with van der Waals surface area (Å²) in [4.78, 5) is 14.8. The third-order valence-electron chi connectivity index (χ3n) is 5.81. The maximum atomic E-state index is 12.7. The molecule has 4 aromatic carbocycles. The molecule has 0 spiro atoms. The first-order valence-electron chi connectivity index (χ1n) is 10.8. The van der Waals surface area contributed by atoms with Gasteiger partial charge in [0.25, 0.3) is 5.91 Å². The van der Waals surface area contributed by atoms with Gasteiger partial charge < -0.3 is 10.2 Å². The number of hydrogen-bond donors (Lipinski definition) is 1. The van der Waals surface area contributed by atoms with Crippen molar-refractivity contribution in [3.05, 3.63) is 107 Å². The van der Waals surface area contributed by atoms with Crippen LogP contribution in [0.25, 0.3) is 21.9 Å². The highest BCUT2D eigenvalue weighted by Crippen LogP contribution is 2.25. The average molecular weight is 443 g/mol. The Balaban J connectivity index is 1.38. The van der Waals surface area contributed by atoms with Gasteiger partial charge in [0.05, 0.1) is 0 Å². The number of carbonyl (C=O) groups excluding carboxylic acids is 1. The summed E-state index contributed by atoms with van der Waals surface area (Å²) >= 11 is 6.01. The lowest BCUT2D eigenvalue weighted by Crippen LogP contribution is -2.29. The maximum Gasteiger partial charge on any atom is 0.251 e. The van der Waals surface area contributed by atoms with E-state index in [4.69, 9.17) is 11.6 Å². The van der Waals surface area contributed by atoms with E-state index >= 15 is 0 Å². The molecule has 32 heavy (non-hydrogen) atoms. The predicted octanol–water partition coefficient (Wildman–Crippen LogP) is 6.58. The highest BCUT2D eigenvalue weighted by molar-refractivity contribution is 6.30. The Morgan fingerprint density at radius 3 is 2.19 bits per heavy atom. The Morgan fingerprint density at radius 1 is 0.844 bits per heavy atom. The van der Waals surface area contributed by atoms with Crippen LogP contribution in [-0.2, 0) is 0 Å². The van der Waals surface area contributed by atoms with Gasteiger partial charge in [0.2, 0.25) is 0 Å². The summed E-state index contributed by atoms with van der Waals surface area (Å²) in [6, 6.07) is 30.7. The lowest BCUT2D eigenvalue weighted by atomic mass is 10.00. The van der Waals surface area contributed by atoms with Gasteiger partial charge in [-0.2, -0.15) is 0 Å². The third-order valence-corrected chi connectivity index (χ3v) is 6.06. The third kappa shape index (κ3) is 5.18. The van der Waals surface area contributed by atoms with Crippen LogP contribution in [0.1, 0.15) is 28.4 Å². The van der Waals surface area contributed by atoms with Gasteiger partial charge in [-0.3, -0.25) is 4.79 Å². The Morgan fingerprint density at radius 2 is 1.50 bits per heavy atom. The van der Waals surface area contributed by atoms with E-state index < -0.39 is 0 Å². The number of halogens is 1. The fraction of sp³-hybridized carbons (Fsp3) is 0.179. The van der Waals surface area contributed by atoms with Gasteiger partial charge in [0.1, 0.15) is 0 Å². The summed E-state index contributed by atoms with van der Waals surface area (Å²) in [6.07, 6.45) is 0.815. The van der Waals surface area contributed by atoms with Crippen LogP contribution in [0.2, 0.25) is 5.02 Å². The number of benzene rings is 4. The molecule has 3 nitrogen and oxygen atoms in total. The Kier molecular flexibility index (Phi) is 6.89. The van der Waals surface area contributed by atoms with Crippen molar-refractivity contribution in [3.8, 4) is 11.1 Å². The number of fused-ring (bicyclic) bond motifs is 1. The Bertz CT molecular complexity index is 1200. The smallest absolute Gasteiger partial charge is 0.251 e. The van der Waals surface area contributed by atoms with Crippen molar-refractivity contribution in [2.45, 2.75) is 12.5 Å². The van der Waals surface area contributed by atoms with Gasteiger partial charge in [0.15, 0.2) is 0 Å². The number of carbonyl (C=O) groups is 1. The van der Waals surface area contributed by atoms with Crippen LogP contribution in [0.15, 0.2) is 91.0 Å². The van der Waals surface area contributed by atoms with Crippen molar-refractivity contribution in [1.29, 1.82) is 0 Å². The number of hydrogen-bond acceptors (Lipinski definition) is 2. The molecule has 0 saturated carbocycles. The van der Waals surface area contributed by atoms with E-state index in [-0.39, 0.29) is 11.9 Å². The standard InChI is InChI=1S/C28H27ClN2O/c1-31(2)27(22-13-15-26(29)16-14-22)17-18-30-28(32)23-10-7-21(8-11-23)25-12-9-20-5-3-4-6-24(20)19-25/h3-16,19,27H,17-18H2,1-2H3,(H,30,32). The van der Waals surface area contributed by atoms with Crippen LogP contribution in [0.5, 0.6) is 0 Å². The first-order valence-corrected chi connectivity index (χ1v) is 11.2. The zero-order valence-corrected chi connectivity index (χ0v) is 19.1. The summed E-state index contributed by atoms with van der Waals surface area (Å²) in [5.74, 6) is -0.0522. The average Bonchev–Trinajstić information content (AvgIpc) is 2.82. The number of nitrogens with zero attached hydrogens (tertiary/aromatic N) is 1. The van der Waals surface area contributed by atoms with Crippen molar-refractivity contribution in [2.75, 3.05) is 20.6 Å². The van der Waals surface area contributed by atoms with Crippen LogP contribution < -0.4 is 5.32 Å². The topological polar surface area (TPSA) is 32.3 Å². The molecule has 0 radical (unpaired) electrons. The van der Waals surface area contributed by atoms with E-state index in [9.17, 15) is 4.79 Å². The molecule has 0 heterocycles. The second-order valence-corrected chi connectivity index (χ2v) is 8.65. The second-order valence-electron chi connectivity index (χ2n) is 8.21. The van der Waals surface area contributed by atoms with Crippen LogP contribution in [0.3, 0.4) is 0 Å². The highest BCUT2D eigenvalue weighted by atomic mass is 35.5. The molecule has 0 aliphatic heterocycles. The molecule has 4 heteroatoms. The van der Waals surface area contributed by atoms with Gasteiger partial charge >= 0.3 is 0 Å². The van der Waals surface area contributed by atoms with Crippen LogP contribution in [-0.4, -0.2) is 31.4 Å². The van der Waals surface area contributed by atoms with E-state index in [0.29, 0.717) is 12.1 Å². The minimum atomic E-state index is -0.0522. The molecule has 4 rings (SSSR count). The number of nitrogens with one attached hydrogen (secondary N) is 1.